The van der Waals surface area contributed by atoms with Crippen LogP contribution in [0.25, 0.3) is 22.8 Å². The van der Waals surface area contributed by atoms with Crippen LogP contribution in [0.2, 0.25) is 0 Å². The number of aryl methyl sites for hydroxylation is 1. The molecule has 0 saturated carbocycles. The Balaban J connectivity index is 1.64. The van der Waals surface area contributed by atoms with E-state index in [0.29, 0.717) is 34.2 Å². The Morgan fingerprint density at radius 3 is 2.60 bits per heavy atom. The minimum atomic E-state index is -0.353. The molecule has 6 heteroatoms. The second-order valence-corrected chi connectivity index (χ2v) is 6.82. The van der Waals surface area contributed by atoms with Crippen LogP contribution in [0, 0.1) is 6.92 Å². The van der Waals surface area contributed by atoms with Gasteiger partial charge in [-0.05, 0) is 19.1 Å². The Kier molecular flexibility index (Phi) is 5.22. The average molecular weight is 400 g/mol. The molecule has 3 aromatic carbocycles. The van der Waals surface area contributed by atoms with Gasteiger partial charge in [-0.15, -0.1) is 0 Å². The van der Waals surface area contributed by atoms with Crippen molar-refractivity contribution >= 4 is 11.6 Å². The first-order valence-electron chi connectivity index (χ1n) is 9.35. The summed E-state index contributed by atoms with van der Waals surface area (Å²) in [6.45, 7) is 2.02. The number of aromatic hydroxyl groups is 1. The Bertz CT molecular complexity index is 1200. The number of phenolic OH excluding ortho intramolecular Hbond substituents is 1. The minimum Gasteiger partial charge on any atom is -0.508 e. The molecule has 1 heterocycles. The van der Waals surface area contributed by atoms with Gasteiger partial charge in [-0.25, -0.2) is 4.98 Å². The van der Waals surface area contributed by atoms with Gasteiger partial charge in [0.15, 0.2) is 5.76 Å². The second-order valence-electron chi connectivity index (χ2n) is 6.82. The van der Waals surface area contributed by atoms with Crippen molar-refractivity contribution in [2.24, 2.45) is 0 Å². The lowest BCUT2D eigenvalue weighted by molar-refractivity contribution is 0.102. The first kappa shape index (κ1) is 19.3. The van der Waals surface area contributed by atoms with Gasteiger partial charge in [0.1, 0.15) is 11.5 Å². The molecule has 0 aliphatic heterocycles. The summed E-state index contributed by atoms with van der Waals surface area (Å²) >= 11 is 0. The summed E-state index contributed by atoms with van der Waals surface area (Å²) in [4.78, 5) is 17.3. The lowest BCUT2D eigenvalue weighted by atomic mass is 10.1. The SMILES string of the molecule is COc1cc(O)cc(NC(=O)c2ccccc2-c2ncc(-c3ccc(C)cc3)o2)c1. The van der Waals surface area contributed by atoms with Crippen LogP contribution in [-0.2, 0) is 0 Å². The largest absolute Gasteiger partial charge is 0.508 e. The van der Waals surface area contributed by atoms with Gasteiger partial charge >= 0.3 is 0 Å². The van der Waals surface area contributed by atoms with E-state index in [1.807, 2.05) is 37.3 Å². The van der Waals surface area contributed by atoms with E-state index in [1.54, 1.807) is 30.5 Å². The number of hydrogen-bond donors (Lipinski definition) is 2. The van der Waals surface area contributed by atoms with Gasteiger partial charge in [-0.1, -0.05) is 42.0 Å². The monoisotopic (exact) mass is 400 g/mol. The van der Waals surface area contributed by atoms with E-state index in [2.05, 4.69) is 10.3 Å². The fourth-order valence-corrected chi connectivity index (χ4v) is 3.09. The number of anilines is 1. The number of nitrogens with one attached hydrogen (secondary N) is 1. The van der Waals surface area contributed by atoms with Crippen LogP contribution in [0.3, 0.4) is 0 Å². The summed E-state index contributed by atoms with van der Waals surface area (Å²) in [6.07, 6.45) is 1.65. The minimum absolute atomic E-state index is 0.00613. The molecule has 0 unspecified atom stereocenters. The Morgan fingerprint density at radius 1 is 1.07 bits per heavy atom. The number of carbonyl (C=O) groups is 1. The molecule has 0 aliphatic rings. The highest BCUT2D eigenvalue weighted by Gasteiger charge is 2.17. The number of oxazole rings is 1. The number of hydrogen-bond acceptors (Lipinski definition) is 5. The molecule has 0 radical (unpaired) electrons. The van der Waals surface area contributed by atoms with Gasteiger partial charge in [0.2, 0.25) is 5.89 Å². The highest BCUT2D eigenvalue weighted by molar-refractivity contribution is 6.08. The molecule has 6 nitrogen and oxygen atoms in total. The van der Waals surface area contributed by atoms with Crippen LogP contribution in [0.1, 0.15) is 15.9 Å². The van der Waals surface area contributed by atoms with Crippen LogP contribution in [0.15, 0.2) is 77.3 Å². The molecule has 30 heavy (non-hydrogen) atoms. The predicted molar refractivity (Wildman–Crippen MR) is 115 cm³/mol. The molecule has 1 aromatic heterocycles. The molecular weight excluding hydrogens is 380 g/mol. The number of rotatable bonds is 5. The molecule has 2 N–H and O–H groups in total. The molecule has 0 bridgehead atoms. The summed E-state index contributed by atoms with van der Waals surface area (Å²) in [6, 6.07) is 19.5. The fraction of sp³-hybridized carbons (Fsp3) is 0.0833. The standard InChI is InChI=1S/C24H20N2O4/c1-15-7-9-16(10-8-15)22-14-25-24(30-22)21-6-4-3-5-20(21)23(28)26-17-11-18(27)13-19(12-17)29-2/h3-14,27H,1-2H3,(H,26,28). The molecule has 1 amide bonds. The third-order valence-electron chi connectivity index (χ3n) is 4.63. The van der Waals surface area contributed by atoms with Crippen LogP contribution >= 0.6 is 0 Å². The molecule has 4 rings (SSSR count). The van der Waals surface area contributed by atoms with Crippen molar-refractivity contribution in [1.29, 1.82) is 0 Å². The van der Waals surface area contributed by atoms with Gasteiger partial charge < -0.3 is 19.6 Å². The number of amides is 1. The number of phenols is 1. The topological polar surface area (TPSA) is 84.6 Å². The number of aromatic nitrogens is 1. The maximum atomic E-state index is 12.9. The highest BCUT2D eigenvalue weighted by atomic mass is 16.5. The smallest absolute Gasteiger partial charge is 0.256 e. The van der Waals surface area contributed by atoms with E-state index in [-0.39, 0.29) is 11.7 Å². The Labute approximate surface area is 173 Å². The van der Waals surface area contributed by atoms with Crippen molar-refractivity contribution in [3.05, 3.63) is 84.1 Å². The quantitative estimate of drug-likeness (QED) is 0.476. The zero-order valence-corrected chi connectivity index (χ0v) is 16.5. The number of methoxy groups -OCH3 is 1. The van der Waals surface area contributed by atoms with Crippen molar-refractivity contribution in [2.75, 3.05) is 12.4 Å². The summed E-state index contributed by atoms with van der Waals surface area (Å²) in [7, 11) is 1.49. The predicted octanol–water partition coefficient (Wildman–Crippen LogP) is 5.28. The van der Waals surface area contributed by atoms with E-state index >= 15 is 0 Å². The number of carbonyl (C=O) groups excluding carboxylic acids is 1. The number of ether oxygens (including phenoxy) is 1. The van der Waals surface area contributed by atoms with Crippen molar-refractivity contribution in [2.45, 2.75) is 6.92 Å². The fourth-order valence-electron chi connectivity index (χ4n) is 3.09. The third kappa shape index (κ3) is 4.03. The first-order chi connectivity index (χ1) is 14.5. The molecule has 0 spiro atoms. The van der Waals surface area contributed by atoms with E-state index in [9.17, 15) is 9.90 Å². The average Bonchev–Trinajstić information content (AvgIpc) is 3.24. The molecular formula is C24H20N2O4. The summed E-state index contributed by atoms with van der Waals surface area (Å²) in [5.41, 5.74) is 3.45. The number of nitrogens with zero attached hydrogens (tertiary/aromatic N) is 1. The Hall–Kier alpha value is -4.06. The maximum Gasteiger partial charge on any atom is 0.256 e. The van der Waals surface area contributed by atoms with Crippen LogP contribution in [0.5, 0.6) is 11.5 Å². The van der Waals surface area contributed by atoms with Gasteiger partial charge in [0.25, 0.3) is 5.91 Å². The molecule has 4 aromatic rings. The Morgan fingerprint density at radius 2 is 1.83 bits per heavy atom. The van der Waals surface area contributed by atoms with E-state index in [4.69, 9.17) is 9.15 Å². The molecule has 0 saturated heterocycles. The van der Waals surface area contributed by atoms with Crippen LogP contribution in [0.4, 0.5) is 5.69 Å². The molecule has 0 fully saturated rings. The first-order valence-corrected chi connectivity index (χ1v) is 9.35. The normalized spacial score (nSPS) is 10.6. The van der Waals surface area contributed by atoms with Gasteiger partial charge in [0.05, 0.1) is 18.9 Å². The zero-order valence-electron chi connectivity index (χ0n) is 16.5. The van der Waals surface area contributed by atoms with Crippen LogP contribution in [-0.4, -0.2) is 23.1 Å². The van der Waals surface area contributed by atoms with E-state index in [1.165, 1.54) is 19.2 Å². The highest BCUT2D eigenvalue weighted by Crippen LogP contribution is 2.30. The van der Waals surface area contributed by atoms with Gasteiger partial charge in [-0.2, -0.15) is 0 Å². The molecule has 0 atom stereocenters. The van der Waals surface area contributed by atoms with E-state index in [0.717, 1.165) is 11.1 Å². The third-order valence-corrected chi connectivity index (χ3v) is 4.63. The molecule has 150 valence electrons. The van der Waals surface area contributed by atoms with Gasteiger partial charge in [-0.3, -0.25) is 4.79 Å². The lowest BCUT2D eigenvalue weighted by Gasteiger charge is -2.10. The number of benzene rings is 3. The molecule has 0 aliphatic carbocycles. The van der Waals surface area contributed by atoms with Crippen molar-refractivity contribution in [1.82, 2.24) is 4.98 Å². The maximum absolute atomic E-state index is 12.9. The van der Waals surface area contributed by atoms with Crippen molar-refractivity contribution < 1.29 is 19.1 Å². The second kappa shape index (κ2) is 8.13. The summed E-state index contributed by atoms with van der Waals surface area (Å²) < 4.78 is 11.1. The van der Waals surface area contributed by atoms with E-state index < -0.39 is 0 Å². The lowest BCUT2D eigenvalue weighted by Crippen LogP contribution is -2.13. The summed E-state index contributed by atoms with van der Waals surface area (Å²) in [5, 5.41) is 12.6. The van der Waals surface area contributed by atoms with Crippen molar-refractivity contribution in [3.63, 3.8) is 0 Å². The summed E-state index contributed by atoms with van der Waals surface area (Å²) in [5.74, 6) is 1.05. The van der Waals surface area contributed by atoms with Crippen LogP contribution < -0.4 is 10.1 Å². The van der Waals surface area contributed by atoms with Crippen molar-refractivity contribution in [3.8, 4) is 34.3 Å². The van der Waals surface area contributed by atoms with Gasteiger partial charge in [0, 0.05) is 35.0 Å². The zero-order chi connectivity index (χ0) is 21.1.